The Morgan fingerprint density at radius 2 is 1.94 bits per heavy atom. The normalized spacial score (nSPS) is 10.7. The summed E-state index contributed by atoms with van der Waals surface area (Å²) in [4.78, 5) is 1.43. The molecule has 0 unspecified atom stereocenters. The smallest absolute Gasteiger partial charge is 0.142 e. The zero-order valence-electron chi connectivity index (χ0n) is 9.86. The van der Waals surface area contributed by atoms with Gasteiger partial charge in [0, 0.05) is 18.6 Å². The predicted octanol–water partition coefficient (Wildman–Crippen LogP) is 3.62. The van der Waals surface area contributed by atoms with Crippen molar-refractivity contribution in [3.63, 3.8) is 0 Å². The molecule has 2 rings (SSSR count). The highest BCUT2D eigenvalue weighted by Gasteiger charge is 2.24. The molecule has 0 atom stereocenters. The Morgan fingerprint density at radius 1 is 1.25 bits per heavy atom. The van der Waals surface area contributed by atoms with Gasteiger partial charge < -0.3 is 0 Å². The molecule has 3 heteroatoms. The third-order valence-electron chi connectivity index (χ3n) is 2.62. The minimum atomic E-state index is 1.08. The molecule has 0 N–H and O–H groups in total. The first-order valence-electron chi connectivity index (χ1n) is 5.41. The summed E-state index contributed by atoms with van der Waals surface area (Å²) in [6.07, 6.45) is 3.22. The average Bonchev–Trinajstić information content (AvgIpc) is 2.66. The molecule has 0 saturated carbocycles. The highest BCUT2D eigenvalue weighted by atomic mass is 32.2. The van der Waals surface area contributed by atoms with E-state index in [2.05, 4.69) is 55.0 Å². The molecular weight excluding hydrogens is 234 g/mol. The van der Waals surface area contributed by atoms with Crippen LogP contribution in [-0.4, -0.2) is 6.26 Å². The molecule has 2 aromatic rings. The van der Waals surface area contributed by atoms with Crippen LogP contribution in [-0.2, 0) is 6.42 Å². The van der Waals surface area contributed by atoms with E-state index < -0.39 is 0 Å². The van der Waals surface area contributed by atoms with Gasteiger partial charge in [0.25, 0.3) is 0 Å². The predicted molar refractivity (Wildman–Crippen MR) is 71.7 cm³/mol. The third kappa shape index (κ3) is 2.02. The standard InChI is InChI=1S/C13H16NS2/c1-4-12-10(2)16-13(15-3)14(12)11-8-6-5-7-9-11/h5-9H,4H2,1-3H3/q+1. The molecule has 1 heterocycles. The van der Waals surface area contributed by atoms with Crippen molar-refractivity contribution in [2.45, 2.75) is 24.6 Å². The van der Waals surface area contributed by atoms with E-state index in [1.54, 1.807) is 0 Å². The molecular formula is C13H16NS2+. The Kier molecular flexibility index (Phi) is 3.66. The number of benzene rings is 1. The molecule has 1 aromatic carbocycles. The van der Waals surface area contributed by atoms with E-state index in [9.17, 15) is 0 Å². The molecule has 84 valence electrons. The van der Waals surface area contributed by atoms with Crippen molar-refractivity contribution in [3.05, 3.63) is 40.9 Å². The lowest BCUT2D eigenvalue weighted by molar-refractivity contribution is -0.636. The third-order valence-corrected chi connectivity index (χ3v) is 4.80. The van der Waals surface area contributed by atoms with Gasteiger partial charge in [0.15, 0.2) is 0 Å². The second-order valence-electron chi connectivity index (χ2n) is 3.60. The van der Waals surface area contributed by atoms with E-state index >= 15 is 0 Å². The van der Waals surface area contributed by atoms with Crippen LogP contribution in [0.15, 0.2) is 34.7 Å². The van der Waals surface area contributed by atoms with Gasteiger partial charge in [-0.05, 0) is 24.9 Å². The van der Waals surface area contributed by atoms with Gasteiger partial charge in [0.05, 0.1) is 4.88 Å². The maximum absolute atomic E-state index is 2.38. The first-order chi connectivity index (χ1) is 7.77. The van der Waals surface area contributed by atoms with Crippen LogP contribution in [0.3, 0.4) is 0 Å². The summed E-state index contributed by atoms with van der Waals surface area (Å²) >= 11 is 3.71. The number of hydrogen-bond acceptors (Lipinski definition) is 2. The molecule has 0 radical (unpaired) electrons. The minimum absolute atomic E-state index is 1.08. The molecule has 1 aromatic heterocycles. The number of para-hydroxylation sites is 1. The van der Waals surface area contributed by atoms with Gasteiger partial charge in [-0.15, -0.1) is 4.57 Å². The SMILES string of the molecule is CCc1c(C)sc(SC)[n+]1-c1ccccc1. The Balaban J connectivity index is 2.62. The summed E-state index contributed by atoms with van der Waals surface area (Å²) in [5, 5.41) is 0. The maximum atomic E-state index is 2.38. The molecule has 0 aliphatic carbocycles. The summed E-state index contributed by atoms with van der Waals surface area (Å²) in [5.41, 5.74) is 2.70. The molecule has 0 fully saturated rings. The fraction of sp³-hybridized carbons (Fsp3) is 0.308. The number of aromatic nitrogens is 1. The molecule has 0 saturated heterocycles. The fourth-order valence-corrected chi connectivity index (χ4v) is 3.91. The lowest BCUT2D eigenvalue weighted by Crippen LogP contribution is -2.35. The fourth-order valence-electron chi connectivity index (χ4n) is 1.88. The van der Waals surface area contributed by atoms with Crippen LogP contribution >= 0.6 is 23.1 Å². The summed E-state index contributed by atoms with van der Waals surface area (Å²) in [6.45, 7) is 4.43. The molecule has 0 spiro atoms. The molecule has 0 aliphatic rings. The molecule has 0 amide bonds. The number of hydrogen-bond donors (Lipinski definition) is 0. The van der Waals surface area contributed by atoms with Gasteiger partial charge in [-0.3, -0.25) is 0 Å². The van der Waals surface area contributed by atoms with Crippen molar-refractivity contribution in [2.75, 3.05) is 6.26 Å². The van der Waals surface area contributed by atoms with Crippen molar-refractivity contribution in [1.82, 2.24) is 0 Å². The van der Waals surface area contributed by atoms with E-state index in [-0.39, 0.29) is 0 Å². The van der Waals surface area contributed by atoms with E-state index in [0.29, 0.717) is 0 Å². The van der Waals surface area contributed by atoms with Crippen molar-refractivity contribution in [1.29, 1.82) is 0 Å². The lowest BCUT2D eigenvalue weighted by Gasteiger charge is -1.98. The first-order valence-corrected chi connectivity index (χ1v) is 7.45. The summed E-state index contributed by atoms with van der Waals surface area (Å²) in [6, 6.07) is 10.6. The zero-order valence-corrected chi connectivity index (χ0v) is 11.5. The number of thiazole rings is 1. The van der Waals surface area contributed by atoms with Gasteiger partial charge >= 0.3 is 4.34 Å². The quantitative estimate of drug-likeness (QED) is 0.594. The van der Waals surface area contributed by atoms with Crippen LogP contribution in [0.25, 0.3) is 5.69 Å². The number of aryl methyl sites for hydroxylation is 1. The number of rotatable bonds is 3. The van der Waals surface area contributed by atoms with E-state index in [1.807, 2.05) is 23.1 Å². The minimum Gasteiger partial charge on any atom is -0.142 e. The van der Waals surface area contributed by atoms with E-state index in [1.165, 1.54) is 20.6 Å². The van der Waals surface area contributed by atoms with Crippen molar-refractivity contribution >= 4 is 23.1 Å². The van der Waals surface area contributed by atoms with Crippen LogP contribution in [0.2, 0.25) is 0 Å². The van der Waals surface area contributed by atoms with Gasteiger partial charge in [-0.1, -0.05) is 36.5 Å². The second-order valence-corrected chi connectivity index (χ2v) is 5.86. The number of thioether (sulfide) groups is 1. The Bertz CT molecular complexity index is 474. The van der Waals surface area contributed by atoms with Crippen molar-refractivity contribution in [2.24, 2.45) is 0 Å². The molecule has 1 nitrogen and oxygen atoms in total. The Labute approximate surface area is 105 Å². The molecule has 0 bridgehead atoms. The van der Waals surface area contributed by atoms with E-state index in [4.69, 9.17) is 0 Å². The largest absolute Gasteiger partial charge is 0.303 e. The average molecular weight is 250 g/mol. The van der Waals surface area contributed by atoms with Gasteiger partial charge in [0.1, 0.15) is 0 Å². The van der Waals surface area contributed by atoms with E-state index in [0.717, 1.165) is 6.42 Å². The number of nitrogens with zero attached hydrogens (tertiary/aromatic N) is 1. The first kappa shape index (κ1) is 11.7. The summed E-state index contributed by atoms with van der Waals surface area (Å²) in [5.74, 6) is 0. The van der Waals surface area contributed by atoms with Crippen molar-refractivity contribution < 1.29 is 4.57 Å². The second kappa shape index (κ2) is 5.02. The van der Waals surface area contributed by atoms with Gasteiger partial charge in [-0.2, -0.15) is 0 Å². The Morgan fingerprint density at radius 3 is 2.50 bits per heavy atom. The van der Waals surface area contributed by atoms with Crippen LogP contribution in [0.1, 0.15) is 17.5 Å². The van der Waals surface area contributed by atoms with Crippen molar-refractivity contribution in [3.8, 4) is 5.69 Å². The Hall–Kier alpha value is -0.800. The monoisotopic (exact) mass is 250 g/mol. The van der Waals surface area contributed by atoms with Gasteiger partial charge in [0.2, 0.25) is 11.4 Å². The van der Waals surface area contributed by atoms with Crippen LogP contribution in [0, 0.1) is 6.92 Å². The zero-order chi connectivity index (χ0) is 11.5. The van der Waals surface area contributed by atoms with Crippen LogP contribution in [0.4, 0.5) is 0 Å². The molecule has 0 aliphatic heterocycles. The maximum Gasteiger partial charge on any atom is 0.303 e. The van der Waals surface area contributed by atoms with Crippen LogP contribution < -0.4 is 4.57 Å². The summed E-state index contributed by atoms with van der Waals surface area (Å²) < 4.78 is 3.74. The topological polar surface area (TPSA) is 3.88 Å². The lowest BCUT2D eigenvalue weighted by atomic mass is 10.2. The highest BCUT2D eigenvalue weighted by molar-refractivity contribution is 8.00. The summed E-state index contributed by atoms with van der Waals surface area (Å²) in [7, 11) is 0. The van der Waals surface area contributed by atoms with Crippen LogP contribution in [0.5, 0.6) is 0 Å². The highest BCUT2D eigenvalue weighted by Crippen LogP contribution is 2.25. The molecule has 16 heavy (non-hydrogen) atoms. The van der Waals surface area contributed by atoms with Gasteiger partial charge in [-0.25, -0.2) is 0 Å².